The van der Waals surface area contributed by atoms with E-state index in [-0.39, 0.29) is 5.57 Å². The summed E-state index contributed by atoms with van der Waals surface area (Å²) >= 11 is 0. The van der Waals surface area contributed by atoms with Crippen LogP contribution in [-0.2, 0) is 14.3 Å². The number of barbiturate groups is 1. The van der Waals surface area contributed by atoms with Crippen LogP contribution in [0.4, 0.5) is 4.79 Å². The van der Waals surface area contributed by atoms with Crippen molar-refractivity contribution in [1.82, 2.24) is 14.8 Å². The molecule has 0 unspecified atom stereocenters. The second-order valence-corrected chi connectivity index (χ2v) is 6.38. The van der Waals surface area contributed by atoms with Crippen molar-refractivity contribution in [3.63, 3.8) is 0 Å². The molecule has 0 bridgehead atoms. The molecule has 28 heavy (non-hydrogen) atoms. The summed E-state index contributed by atoms with van der Waals surface area (Å²) in [5.74, 6) is -1.79. The molecule has 1 saturated heterocycles. The standard InChI is InChI=1S/C20H19N3O5/c1-11-9-14(10-16-17(24)21-20(27)22(3)18(16)25)12(2)23(11)15-7-5-13(6-8-15)19(26)28-4/h5-10H,1-4H3,(H,21,24,27). The molecule has 3 rings (SSSR count). The predicted octanol–water partition coefficient (Wildman–Crippen LogP) is 1.97. The van der Waals surface area contributed by atoms with Crippen LogP contribution in [0.3, 0.4) is 0 Å². The molecule has 0 atom stereocenters. The maximum atomic E-state index is 12.3. The highest BCUT2D eigenvalue weighted by molar-refractivity contribution is 6.30. The lowest BCUT2D eigenvalue weighted by Gasteiger charge is -2.22. The first-order valence-electron chi connectivity index (χ1n) is 8.47. The minimum absolute atomic E-state index is 0.108. The number of likely N-dealkylation sites (N-methyl/N-ethyl adjacent to an activating group) is 1. The van der Waals surface area contributed by atoms with Crippen molar-refractivity contribution in [2.75, 3.05) is 14.2 Å². The van der Waals surface area contributed by atoms with E-state index in [1.165, 1.54) is 20.2 Å². The van der Waals surface area contributed by atoms with Gasteiger partial charge in [0, 0.05) is 24.1 Å². The van der Waals surface area contributed by atoms with E-state index in [0.717, 1.165) is 22.0 Å². The molecule has 2 heterocycles. The van der Waals surface area contributed by atoms with Gasteiger partial charge in [0.15, 0.2) is 0 Å². The van der Waals surface area contributed by atoms with Crippen LogP contribution >= 0.6 is 0 Å². The Morgan fingerprint density at radius 3 is 2.36 bits per heavy atom. The van der Waals surface area contributed by atoms with Crippen LogP contribution in [0.5, 0.6) is 0 Å². The van der Waals surface area contributed by atoms with E-state index in [2.05, 4.69) is 5.32 Å². The molecule has 0 aliphatic carbocycles. The van der Waals surface area contributed by atoms with Crippen LogP contribution in [0.15, 0.2) is 35.9 Å². The van der Waals surface area contributed by atoms with Gasteiger partial charge in [-0.3, -0.25) is 19.8 Å². The topological polar surface area (TPSA) is 97.7 Å². The first-order valence-corrected chi connectivity index (χ1v) is 8.47. The van der Waals surface area contributed by atoms with Crippen LogP contribution in [0.2, 0.25) is 0 Å². The van der Waals surface area contributed by atoms with Crippen LogP contribution in [-0.4, -0.2) is 47.4 Å². The Morgan fingerprint density at radius 1 is 1.11 bits per heavy atom. The lowest BCUT2D eigenvalue weighted by molar-refractivity contribution is -0.129. The van der Waals surface area contributed by atoms with Gasteiger partial charge in [0.25, 0.3) is 11.8 Å². The molecule has 0 saturated carbocycles. The van der Waals surface area contributed by atoms with Gasteiger partial charge in [0.05, 0.1) is 12.7 Å². The van der Waals surface area contributed by atoms with Crippen LogP contribution in [0, 0.1) is 13.8 Å². The summed E-state index contributed by atoms with van der Waals surface area (Å²) in [6, 6.07) is 7.99. The van der Waals surface area contributed by atoms with E-state index >= 15 is 0 Å². The Balaban J connectivity index is 2.01. The Hall–Kier alpha value is -3.68. The Bertz CT molecular complexity index is 1030. The van der Waals surface area contributed by atoms with Crippen LogP contribution in [0.1, 0.15) is 27.3 Å². The fourth-order valence-electron chi connectivity index (χ4n) is 3.10. The van der Waals surface area contributed by atoms with Gasteiger partial charge in [-0.15, -0.1) is 0 Å². The Morgan fingerprint density at radius 2 is 1.75 bits per heavy atom. The van der Waals surface area contributed by atoms with Gasteiger partial charge in [-0.05, 0) is 55.8 Å². The summed E-state index contributed by atoms with van der Waals surface area (Å²) < 4.78 is 6.64. The third kappa shape index (κ3) is 3.20. The van der Waals surface area contributed by atoms with Gasteiger partial charge in [0.1, 0.15) is 5.57 Å². The van der Waals surface area contributed by atoms with Crippen molar-refractivity contribution in [2.24, 2.45) is 0 Å². The number of benzene rings is 1. The second kappa shape index (κ2) is 7.15. The molecule has 1 aliphatic rings. The minimum atomic E-state index is -0.747. The Labute approximate surface area is 161 Å². The first kappa shape index (κ1) is 19.1. The number of hydrogen-bond acceptors (Lipinski definition) is 5. The summed E-state index contributed by atoms with van der Waals surface area (Å²) in [5, 5.41) is 2.13. The number of carbonyl (C=O) groups is 4. The highest BCUT2D eigenvalue weighted by Gasteiger charge is 2.33. The number of aromatic nitrogens is 1. The monoisotopic (exact) mass is 381 g/mol. The van der Waals surface area contributed by atoms with E-state index in [4.69, 9.17) is 4.74 Å². The zero-order valence-corrected chi connectivity index (χ0v) is 15.9. The average Bonchev–Trinajstić information content (AvgIpc) is 2.96. The van der Waals surface area contributed by atoms with Crippen molar-refractivity contribution in [2.45, 2.75) is 13.8 Å². The molecule has 8 nitrogen and oxygen atoms in total. The van der Waals surface area contributed by atoms with Gasteiger partial charge in [-0.25, -0.2) is 9.59 Å². The number of carbonyl (C=O) groups excluding carboxylic acids is 4. The number of esters is 1. The lowest BCUT2D eigenvalue weighted by atomic mass is 10.1. The number of nitrogens with one attached hydrogen (secondary N) is 1. The summed E-state index contributed by atoms with van der Waals surface area (Å²) in [6.45, 7) is 3.75. The summed E-state index contributed by atoms with van der Waals surface area (Å²) in [6.07, 6.45) is 1.47. The molecular formula is C20H19N3O5. The van der Waals surface area contributed by atoms with E-state index in [9.17, 15) is 19.2 Å². The molecule has 0 radical (unpaired) electrons. The van der Waals surface area contributed by atoms with Gasteiger partial charge in [-0.1, -0.05) is 0 Å². The second-order valence-electron chi connectivity index (χ2n) is 6.38. The Kier molecular flexibility index (Phi) is 4.87. The lowest BCUT2D eigenvalue weighted by Crippen LogP contribution is -2.52. The molecule has 1 aliphatic heterocycles. The normalized spacial score (nSPS) is 15.8. The van der Waals surface area contributed by atoms with Gasteiger partial charge in [0.2, 0.25) is 0 Å². The zero-order valence-electron chi connectivity index (χ0n) is 15.9. The highest BCUT2D eigenvalue weighted by Crippen LogP contribution is 2.24. The fourth-order valence-corrected chi connectivity index (χ4v) is 3.10. The first-order chi connectivity index (χ1) is 13.2. The van der Waals surface area contributed by atoms with Gasteiger partial charge >= 0.3 is 12.0 Å². The minimum Gasteiger partial charge on any atom is -0.465 e. The number of urea groups is 1. The summed E-state index contributed by atoms with van der Waals surface area (Å²) in [4.78, 5) is 48.3. The molecule has 1 aromatic heterocycles. The van der Waals surface area contributed by atoms with E-state index in [1.54, 1.807) is 24.3 Å². The molecule has 0 spiro atoms. The number of aryl methyl sites for hydroxylation is 1. The molecule has 8 heteroatoms. The molecule has 1 fully saturated rings. The van der Waals surface area contributed by atoms with Crippen molar-refractivity contribution < 1.29 is 23.9 Å². The van der Waals surface area contributed by atoms with Crippen molar-refractivity contribution >= 4 is 29.9 Å². The molecule has 4 amide bonds. The van der Waals surface area contributed by atoms with Crippen LogP contribution in [0.25, 0.3) is 11.8 Å². The smallest absolute Gasteiger partial charge is 0.337 e. The molecule has 144 valence electrons. The van der Waals surface area contributed by atoms with E-state index in [1.807, 2.05) is 24.5 Å². The third-order valence-corrected chi connectivity index (χ3v) is 4.62. The fraction of sp³-hybridized carbons (Fsp3) is 0.200. The predicted molar refractivity (Wildman–Crippen MR) is 101 cm³/mol. The molecule has 1 aromatic carbocycles. The molecule has 2 aromatic rings. The maximum Gasteiger partial charge on any atom is 0.337 e. The average molecular weight is 381 g/mol. The largest absolute Gasteiger partial charge is 0.465 e. The third-order valence-electron chi connectivity index (χ3n) is 4.62. The highest BCUT2D eigenvalue weighted by atomic mass is 16.5. The number of ether oxygens (including phenoxy) is 1. The zero-order chi connectivity index (χ0) is 20.6. The summed E-state index contributed by atoms with van der Waals surface area (Å²) in [7, 11) is 2.63. The quantitative estimate of drug-likeness (QED) is 0.498. The van der Waals surface area contributed by atoms with Gasteiger partial charge in [-0.2, -0.15) is 0 Å². The number of amides is 4. The van der Waals surface area contributed by atoms with E-state index < -0.39 is 23.8 Å². The molecule has 1 N–H and O–H groups in total. The number of methoxy groups -OCH3 is 1. The maximum absolute atomic E-state index is 12.3. The van der Waals surface area contributed by atoms with Gasteiger partial charge < -0.3 is 9.30 Å². The number of rotatable bonds is 3. The van der Waals surface area contributed by atoms with Crippen LogP contribution < -0.4 is 5.32 Å². The van der Waals surface area contributed by atoms with E-state index in [0.29, 0.717) is 11.1 Å². The number of imide groups is 2. The number of nitrogens with zero attached hydrogens (tertiary/aromatic N) is 2. The van der Waals surface area contributed by atoms with Crippen molar-refractivity contribution in [3.8, 4) is 5.69 Å². The van der Waals surface area contributed by atoms with Crippen molar-refractivity contribution in [3.05, 3.63) is 58.4 Å². The number of hydrogen-bond donors (Lipinski definition) is 1. The van der Waals surface area contributed by atoms with Crippen molar-refractivity contribution in [1.29, 1.82) is 0 Å². The summed E-state index contributed by atoms with van der Waals surface area (Å²) in [5.41, 5.74) is 3.51. The SMILES string of the molecule is COC(=O)c1ccc(-n2c(C)cc(C=C3C(=O)NC(=O)N(C)C3=O)c2C)cc1. The molecular weight excluding hydrogens is 362 g/mol.